The van der Waals surface area contributed by atoms with Gasteiger partial charge in [0.2, 0.25) is 11.8 Å². The Hall–Kier alpha value is -1.10. The highest BCUT2D eigenvalue weighted by atomic mass is 16.5. The van der Waals surface area contributed by atoms with Crippen molar-refractivity contribution < 1.29 is 14.3 Å². The van der Waals surface area contributed by atoms with Gasteiger partial charge in [-0.05, 0) is 32.1 Å². The van der Waals surface area contributed by atoms with Crippen LogP contribution < -0.4 is 5.32 Å². The minimum absolute atomic E-state index is 0.0675. The molecule has 2 amide bonds. The number of hydrogen-bond donors (Lipinski definition) is 1. The van der Waals surface area contributed by atoms with Gasteiger partial charge in [0.15, 0.2) is 0 Å². The molecule has 5 nitrogen and oxygen atoms in total. The Balaban J connectivity index is 1.68. The number of amides is 2. The van der Waals surface area contributed by atoms with E-state index in [9.17, 15) is 9.59 Å². The average molecular weight is 310 g/mol. The molecule has 1 saturated carbocycles. The van der Waals surface area contributed by atoms with E-state index < -0.39 is 0 Å². The van der Waals surface area contributed by atoms with Crippen LogP contribution in [0.5, 0.6) is 0 Å². The number of nitrogens with one attached hydrogen (secondary N) is 1. The summed E-state index contributed by atoms with van der Waals surface area (Å²) in [6.45, 7) is 2.83. The summed E-state index contributed by atoms with van der Waals surface area (Å²) in [4.78, 5) is 26.6. The number of rotatable bonds is 6. The number of methoxy groups -OCH3 is 1. The van der Waals surface area contributed by atoms with Gasteiger partial charge >= 0.3 is 0 Å². The standard InChI is InChI=1S/C17H30N2O3/c1-22-13-5-10-18-16(20)14-8-11-19(12-9-14)17(21)15-6-3-2-4-7-15/h14-15H,2-13H2,1H3,(H,18,20). The molecule has 1 aliphatic carbocycles. The van der Waals surface area contributed by atoms with Gasteiger partial charge in [-0.2, -0.15) is 0 Å². The quantitative estimate of drug-likeness (QED) is 0.763. The third kappa shape index (κ3) is 4.97. The SMILES string of the molecule is COCCCNC(=O)C1CCN(C(=O)C2CCCCC2)CC1. The van der Waals surface area contributed by atoms with Crippen LogP contribution >= 0.6 is 0 Å². The fourth-order valence-electron chi connectivity index (χ4n) is 3.54. The smallest absolute Gasteiger partial charge is 0.225 e. The van der Waals surface area contributed by atoms with Crippen molar-refractivity contribution in [3.63, 3.8) is 0 Å². The van der Waals surface area contributed by atoms with Crippen LogP contribution in [0.3, 0.4) is 0 Å². The summed E-state index contributed by atoms with van der Waals surface area (Å²) in [6, 6.07) is 0. The fraction of sp³-hybridized carbons (Fsp3) is 0.882. The summed E-state index contributed by atoms with van der Waals surface area (Å²) < 4.78 is 4.97. The molecule has 0 aromatic rings. The van der Waals surface area contributed by atoms with Crippen molar-refractivity contribution in [1.29, 1.82) is 0 Å². The third-order valence-corrected chi connectivity index (χ3v) is 4.96. The largest absolute Gasteiger partial charge is 0.385 e. The predicted octanol–water partition coefficient (Wildman–Crippen LogP) is 1.96. The molecule has 0 unspecified atom stereocenters. The van der Waals surface area contributed by atoms with Gasteiger partial charge in [-0.3, -0.25) is 9.59 Å². The Labute approximate surface area is 133 Å². The molecule has 0 spiro atoms. The lowest BCUT2D eigenvalue weighted by Gasteiger charge is -2.34. The maximum Gasteiger partial charge on any atom is 0.225 e. The van der Waals surface area contributed by atoms with Crippen molar-refractivity contribution in [3.05, 3.63) is 0 Å². The highest BCUT2D eigenvalue weighted by Crippen LogP contribution is 2.27. The van der Waals surface area contributed by atoms with Gasteiger partial charge < -0.3 is 15.0 Å². The molecule has 1 aliphatic heterocycles. The number of ether oxygens (including phenoxy) is 1. The summed E-state index contributed by atoms with van der Waals surface area (Å²) in [5, 5.41) is 2.97. The number of piperidine rings is 1. The average Bonchev–Trinajstić information content (AvgIpc) is 2.59. The first kappa shape index (κ1) is 17.3. The molecule has 2 rings (SSSR count). The molecule has 22 heavy (non-hydrogen) atoms. The number of nitrogens with zero attached hydrogens (tertiary/aromatic N) is 1. The van der Waals surface area contributed by atoms with Crippen LogP contribution in [0.25, 0.3) is 0 Å². The first-order valence-electron chi connectivity index (χ1n) is 8.78. The summed E-state index contributed by atoms with van der Waals surface area (Å²) >= 11 is 0. The van der Waals surface area contributed by atoms with Crippen molar-refractivity contribution in [2.75, 3.05) is 33.4 Å². The van der Waals surface area contributed by atoms with Gasteiger partial charge in [-0.15, -0.1) is 0 Å². The van der Waals surface area contributed by atoms with E-state index >= 15 is 0 Å². The zero-order chi connectivity index (χ0) is 15.8. The molecule has 2 aliphatic rings. The number of likely N-dealkylation sites (tertiary alicyclic amines) is 1. The van der Waals surface area contributed by atoms with Gasteiger partial charge in [-0.25, -0.2) is 0 Å². The Morgan fingerprint density at radius 1 is 1.05 bits per heavy atom. The molecule has 5 heteroatoms. The summed E-state index contributed by atoms with van der Waals surface area (Å²) in [5.74, 6) is 0.783. The first-order valence-corrected chi connectivity index (χ1v) is 8.78. The highest BCUT2D eigenvalue weighted by molar-refractivity contribution is 5.81. The first-order chi connectivity index (χ1) is 10.7. The van der Waals surface area contributed by atoms with Gasteiger partial charge in [0.1, 0.15) is 0 Å². The molecule has 0 radical (unpaired) electrons. The van der Waals surface area contributed by atoms with Crippen molar-refractivity contribution >= 4 is 11.8 Å². The fourth-order valence-corrected chi connectivity index (χ4v) is 3.54. The molecular formula is C17H30N2O3. The third-order valence-electron chi connectivity index (χ3n) is 4.96. The molecule has 1 heterocycles. The van der Waals surface area contributed by atoms with Gasteiger partial charge in [0, 0.05) is 45.2 Å². The summed E-state index contributed by atoms with van der Waals surface area (Å²) in [6.07, 6.45) is 8.21. The summed E-state index contributed by atoms with van der Waals surface area (Å²) in [5.41, 5.74) is 0. The summed E-state index contributed by atoms with van der Waals surface area (Å²) in [7, 11) is 1.67. The molecule has 0 bridgehead atoms. The molecular weight excluding hydrogens is 280 g/mol. The second-order valence-corrected chi connectivity index (χ2v) is 6.57. The van der Waals surface area contributed by atoms with Crippen molar-refractivity contribution in [1.82, 2.24) is 10.2 Å². The van der Waals surface area contributed by atoms with Crippen molar-refractivity contribution in [3.8, 4) is 0 Å². The second kappa shape index (κ2) is 9.13. The van der Waals surface area contributed by atoms with Crippen LogP contribution in [0.2, 0.25) is 0 Å². The Kier molecular flexibility index (Phi) is 7.16. The zero-order valence-corrected chi connectivity index (χ0v) is 13.8. The molecule has 126 valence electrons. The molecule has 0 aromatic carbocycles. The van der Waals surface area contributed by atoms with Gasteiger partial charge in [0.05, 0.1) is 0 Å². The van der Waals surface area contributed by atoms with Gasteiger partial charge in [-0.1, -0.05) is 19.3 Å². The minimum Gasteiger partial charge on any atom is -0.385 e. The lowest BCUT2D eigenvalue weighted by molar-refractivity contribution is -0.140. The predicted molar refractivity (Wildman–Crippen MR) is 85.4 cm³/mol. The normalized spacial score (nSPS) is 20.9. The monoisotopic (exact) mass is 310 g/mol. The molecule has 2 fully saturated rings. The maximum atomic E-state index is 12.5. The zero-order valence-electron chi connectivity index (χ0n) is 13.8. The number of carbonyl (C=O) groups excluding carboxylic acids is 2. The highest BCUT2D eigenvalue weighted by Gasteiger charge is 2.31. The number of carbonyl (C=O) groups is 2. The van der Waals surface area contributed by atoms with E-state index in [0.717, 1.165) is 45.2 Å². The van der Waals surface area contributed by atoms with E-state index in [1.54, 1.807) is 7.11 Å². The molecule has 0 aromatic heterocycles. The second-order valence-electron chi connectivity index (χ2n) is 6.57. The lowest BCUT2D eigenvalue weighted by atomic mass is 9.87. The van der Waals surface area contributed by atoms with E-state index in [1.165, 1.54) is 19.3 Å². The van der Waals surface area contributed by atoms with E-state index in [2.05, 4.69) is 5.32 Å². The van der Waals surface area contributed by atoms with E-state index in [0.29, 0.717) is 19.1 Å². The topological polar surface area (TPSA) is 58.6 Å². The lowest BCUT2D eigenvalue weighted by Crippen LogP contribution is -2.45. The Bertz CT molecular complexity index is 359. The van der Waals surface area contributed by atoms with Crippen LogP contribution in [0.1, 0.15) is 51.4 Å². The van der Waals surface area contributed by atoms with E-state index in [1.807, 2.05) is 4.90 Å². The van der Waals surface area contributed by atoms with Crippen LogP contribution in [0.4, 0.5) is 0 Å². The van der Waals surface area contributed by atoms with E-state index in [-0.39, 0.29) is 17.7 Å². The van der Waals surface area contributed by atoms with Crippen molar-refractivity contribution in [2.24, 2.45) is 11.8 Å². The molecule has 0 atom stereocenters. The molecule has 1 N–H and O–H groups in total. The maximum absolute atomic E-state index is 12.5. The van der Waals surface area contributed by atoms with Crippen LogP contribution in [-0.4, -0.2) is 50.1 Å². The Morgan fingerprint density at radius 2 is 1.73 bits per heavy atom. The van der Waals surface area contributed by atoms with E-state index in [4.69, 9.17) is 4.74 Å². The number of hydrogen-bond acceptors (Lipinski definition) is 3. The Morgan fingerprint density at radius 3 is 2.36 bits per heavy atom. The molecule has 1 saturated heterocycles. The van der Waals surface area contributed by atoms with Crippen LogP contribution in [-0.2, 0) is 14.3 Å². The van der Waals surface area contributed by atoms with Crippen LogP contribution in [0.15, 0.2) is 0 Å². The minimum atomic E-state index is 0.0675. The van der Waals surface area contributed by atoms with Gasteiger partial charge in [0.25, 0.3) is 0 Å². The van der Waals surface area contributed by atoms with Crippen molar-refractivity contribution in [2.45, 2.75) is 51.4 Å². The van der Waals surface area contributed by atoms with Crippen LogP contribution in [0, 0.1) is 11.8 Å².